The van der Waals surface area contributed by atoms with Crippen molar-refractivity contribution in [2.24, 2.45) is 0 Å². The molecule has 1 aliphatic rings. The molecule has 24 heavy (non-hydrogen) atoms. The van der Waals surface area contributed by atoms with Crippen LogP contribution in [0.1, 0.15) is 22.5 Å². The topological polar surface area (TPSA) is 48.4 Å². The number of fused-ring (bicyclic) bond motifs is 1. The van der Waals surface area contributed by atoms with Gasteiger partial charge in [-0.2, -0.15) is 0 Å². The summed E-state index contributed by atoms with van der Waals surface area (Å²) in [7, 11) is 1.19. The van der Waals surface area contributed by atoms with Crippen LogP contribution in [0.25, 0.3) is 11.1 Å². The maximum absolute atomic E-state index is 14.2. The Bertz CT molecular complexity index is 795. The molecule has 1 unspecified atom stereocenters. The molecule has 0 saturated heterocycles. The largest absolute Gasteiger partial charge is 0.471 e. The minimum atomic E-state index is -0.771. The van der Waals surface area contributed by atoms with Crippen LogP contribution in [-0.2, 0) is 11.2 Å². The minimum absolute atomic E-state index is 0.0746. The fraction of sp³-hybridized carbons (Fsp3) is 0.294. The number of carbonyl (C=O) groups is 1. The Morgan fingerprint density at radius 3 is 2.79 bits per heavy atom. The van der Waals surface area contributed by atoms with Crippen molar-refractivity contribution in [3.8, 4) is 17.0 Å². The molecule has 3 rings (SSSR count). The molecular formula is C17H14F3NO3. The Morgan fingerprint density at radius 2 is 2.12 bits per heavy atom. The first-order valence-corrected chi connectivity index (χ1v) is 7.33. The minimum Gasteiger partial charge on any atom is -0.471 e. The Labute approximate surface area is 136 Å². The smallest absolute Gasteiger partial charge is 0.356 e. The van der Waals surface area contributed by atoms with Crippen LogP contribution in [0.2, 0.25) is 0 Å². The third kappa shape index (κ3) is 2.93. The van der Waals surface area contributed by atoms with E-state index in [0.29, 0.717) is 24.0 Å². The summed E-state index contributed by atoms with van der Waals surface area (Å²) >= 11 is 0. The molecule has 1 aliphatic heterocycles. The zero-order valence-electron chi connectivity index (χ0n) is 12.8. The summed E-state index contributed by atoms with van der Waals surface area (Å²) in [5.74, 6) is -2.13. The molecule has 0 saturated carbocycles. The van der Waals surface area contributed by atoms with Gasteiger partial charge < -0.3 is 9.47 Å². The van der Waals surface area contributed by atoms with Gasteiger partial charge in [0.2, 0.25) is 5.88 Å². The van der Waals surface area contributed by atoms with Gasteiger partial charge in [-0.3, -0.25) is 0 Å². The van der Waals surface area contributed by atoms with Crippen LogP contribution in [0.5, 0.6) is 5.88 Å². The summed E-state index contributed by atoms with van der Waals surface area (Å²) in [5.41, 5.74) is 0.935. The highest BCUT2D eigenvalue weighted by Gasteiger charge is 2.27. The van der Waals surface area contributed by atoms with Crippen molar-refractivity contribution in [3.63, 3.8) is 0 Å². The average molecular weight is 337 g/mol. The van der Waals surface area contributed by atoms with Crippen LogP contribution in [0, 0.1) is 11.6 Å². The number of ether oxygens (including phenoxy) is 2. The van der Waals surface area contributed by atoms with E-state index >= 15 is 0 Å². The number of esters is 1. The molecule has 0 spiro atoms. The highest BCUT2D eigenvalue weighted by atomic mass is 19.1. The first-order valence-electron chi connectivity index (χ1n) is 7.33. The molecule has 0 bridgehead atoms. The number of alkyl halides is 1. The van der Waals surface area contributed by atoms with E-state index in [2.05, 4.69) is 9.72 Å². The second-order valence-corrected chi connectivity index (χ2v) is 5.39. The molecule has 1 atom stereocenters. The molecule has 4 nitrogen and oxygen atoms in total. The lowest BCUT2D eigenvalue weighted by atomic mass is 9.94. The summed E-state index contributed by atoms with van der Waals surface area (Å²) in [6, 6.07) is 4.54. The highest BCUT2D eigenvalue weighted by molar-refractivity contribution is 5.90. The normalized spacial score (nSPS) is 16.2. The van der Waals surface area contributed by atoms with Crippen LogP contribution in [0.4, 0.5) is 13.2 Å². The summed E-state index contributed by atoms with van der Waals surface area (Å²) in [6.07, 6.45) is 0.145. The lowest BCUT2D eigenvalue weighted by Crippen LogP contribution is -2.26. The van der Waals surface area contributed by atoms with Crippen molar-refractivity contribution in [3.05, 3.63) is 47.2 Å². The van der Waals surface area contributed by atoms with E-state index in [0.717, 1.165) is 12.1 Å². The van der Waals surface area contributed by atoms with Crippen LogP contribution in [0.3, 0.4) is 0 Å². The molecule has 0 aliphatic carbocycles. The number of hydrogen-bond donors (Lipinski definition) is 0. The number of rotatable bonds is 3. The van der Waals surface area contributed by atoms with Crippen molar-refractivity contribution in [2.75, 3.05) is 13.8 Å². The van der Waals surface area contributed by atoms with Gasteiger partial charge in [0.1, 0.15) is 24.4 Å². The third-order valence-electron chi connectivity index (χ3n) is 3.87. The summed E-state index contributed by atoms with van der Waals surface area (Å²) in [4.78, 5) is 15.9. The molecule has 0 radical (unpaired) electrons. The molecule has 0 N–H and O–H groups in total. The molecular weight excluding hydrogens is 323 g/mol. The van der Waals surface area contributed by atoms with E-state index in [-0.39, 0.29) is 17.1 Å². The Hall–Kier alpha value is -2.57. The molecule has 2 aromatic rings. The van der Waals surface area contributed by atoms with Gasteiger partial charge in [0.25, 0.3) is 0 Å². The monoisotopic (exact) mass is 337 g/mol. The third-order valence-corrected chi connectivity index (χ3v) is 3.87. The van der Waals surface area contributed by atoms with E-state index in [1.165, 1.54) is 19.2 Å². The van der Waals surface area contributed by atoms with Gasteiger partial charge in [0.05, 0.1) is 7.11 Å². The van der Waals surface area contributed by atoms with Crippen LogP contribution in [0.15, 0.2) is 24.3 Å². The molecule has 0 amide bonds. The number of hydrogen-bond acceptors (Lipinski definition) is 4. The SMILES string of the molecule is COC(=O)c1cc(-c2ccc(F)cc2F)c2c(n1)OC(CF)CC2. The van der Waals surface area contributed by atoms with Gasteiger partial charge in [-0.25, -0.2) is 22.9 Å². The van der Waals surface area contributed by atoms with E-state index in [1.807, 2.05) is 0 Å². The fourth-order valence-electron chi connectivity index (χ4n) is 2.68. The van der Waals surface area contributed by atoms with Crippen LogP contribution >= 0.6 is 0 Å². The van der Waals surface area contributed by atoms with E-state index in [4.69, 9.17) is 4.74 Å². The molecule has 1 aromatic carbocycles. The van der Waals surface area contributed by atoms with E-state index < -0.39 is 30.4 Å². The molecule has 126 valence electrons. The number of halogens is 3. The number of nitrogens with zero attached hydrogens (tertiary/aromatic N) is 1. The summed E-state index contributed by atoms with van der Waals surface area (Å²) in [6.45, 7) is -0.691. The maximum Gasteiger partial charge on any atom is 0.356 e. The van der Waals surface area contributed by atoms with Gasteiger partial charge in [0.15, 0.2) is 5.69 Å². The standard InChI is InChI=1S/C17H14F3NO3/c1-23-17(22)15-7-13(11-4-2-9(19)6-14(11)20)12-5-3-10(8-18)24-16(12)21-15/h2,4,6-7,10H,3,5,8H2,1H3. The van der Waals surface area contributed by atoms with Crippen molar-refractivity contribution in [1.82, 2.24) is 4.98 Å². The lowest BCUT2D eigenvalue weighted by molar-refractivity contribution is 0.0590. The molecule has 7 heteroatoms. The van der Waals surface area contributed by atoms with Gasteiger partial charge in [-0.1, -0.05) is 0 Å². The first kappa shape index (κ1) is 16.3. The highest BCUT2D eigenvalue weighted by Crippen LogP contribution is 2.36. The summed E-state index contributed by atoms with van der Waals surface area (Å²) in [5, 5.41) is 0. The second-order valence-electron chi connectivity index (χ2n) is 5.39. The Morgan fingerprint density at radius 1 is 1.33 bits per heavy atom. The predicted octanol–water partition coefficient (Wildman–Crippen LogP) is 3.48. The van der Waals surface area contributed by atoms with Gasteiger partial charge >= 0.3 is 5.97 Å². The molecule has 2 heterocycles. The van der Waals surface area contributed by atoms with Crippen LogP contribution < -0.4 is 4.74 Å². The van der Waals surface area contributed by atoms with Gasteiger partial charge in [-0.15, -0.1) is 0 Å². The van der Waals surface area contributed by atoms with Gasteiger partial charge in [0, 0.05) is 17.2 Å². The van der Waals surface area contributed by atoms with Crippen molar-refractivity contribution in [2.45, 2.75) is 18.9 Å². The average Bonchev–Trinajstić information content (AvgIpc) is 2.59. The van der Waals surface area contributed by atoms with Crippen molar-refractivity contribution >= 4 is 5.97 Å². The number of methoxy groups -OCH3 is 1. The second kappa shape index (κ2) is 6.51. The zero-order chi connectivity index (χ0) is 17.3. The van der Waals surface area contributed by atoms with Gasteiger partial charge in [-0.05, 0) is 36.6 Å². The first-order chi connectivity index (χ1) is 11.5. The Balaban J connectivity index is 2.18. The summed E-state index contributed by atoms with van der Waals surface area (Å²) < 4.78 is 50.3. The number of pyridine rings is 1. The predicted molar refractivity (Wildman–Crippen MR) is 79.6 cm³/mol. The quantitative estimate of drug-likeness (QED) is 0.805. The van der Waals surface area contributed by atoms with Crippen LogP contribution in [-0.4, -0.2) is 30.8 Å². The Kier molecular flexibility index (Phi) is 4.42. The van der Waals surface area contributed by atoms with E-state index in [9.17, 15) is 18.0 Å². The number of carbonyl (C=O) groups excluding carboxylic acids is 1. The van der Waals surface area contributed by atoms with Crippen molar-refractivity contribution < 1.29 is 27.4 Å². The lowest BCUT2D eigenvalue weighted by Gasteiger charge is -2.25. The fourth-order valence-corrected chi connectivity index (χ4v) is 2.68. The number of aromatic nitrogens is 1. The zero-order valence-corrected chi connectivity index (χ0v) is 12.8. The van der Waals surface area contributed by atoms with Crippen molar-refractivity contribution in [1.29, 1.82) is 0 Å². The maximum atomic E-state index is 14.2. The molecule has 1 aromatic heterocycles. The molecule has 0 fully saturated rings. The number of benzene rings is 1. The van der Waals surface area contributed by atoms with E-state index in [1.54, 1.807) is 0 Å².